The molecule has 2 fully saturated rings. The van der Waals surface area contributed by atoms with Gasteiger partial charge in [0.05, 0.1) is 0 Å². The molecule has 166 valence electrons. The maximum atomic E-state index is 13.1. The third kappa shape index (κ3) is 6.08. The number of hydrogen-bond acceptors (Lipinski definition) is 3. The summed E-state index contributed by atoms with van der Waals surface area (Å²) in [7, 11) is 1.99. The predicted octanol–water partition coefficient (Wildman–Crippen LogP) is 3.61. The van der Waals surface area contributed by atoms with Crippen molar-refractivity contribution in [1.29, 1.82) is 0 Å². The van der Waals surface area contributed by atoms with Gasteiger partial charge in [-0.05, 0) is 43.4 Å². The molecule has 2 aromatic carbocycles. The molecule has 5 nitrogen and oxygen atoms in total. The van der Waals surface area contributed by atoms with E-state index in [1.54, 1.807) is 0 Å². The minimum Gasteiger partial charge on any atom is -0.323 e. The van der Waals surface area contributed by atoms with E-state index in [4.69, 9.17) is 0 Å². The number of amides is 2. The van der Waals surface area contributed by atoms with E-state index in [2.05, 4.69) is 64.8 Å². The number of nitrogens with zero attached hydrogens (tertiary/aromatic N) is 3. The number of nitrogens with one attached hydrogen (secondary N) is 1. The summed E-state index contributed by atoms with van der Waals surface area (Å²) in [5.41, 5.74) is 2.71. The molecule has 0 aliphatic carbocycles. The molecular formula is C26H36N4O. The van der Waals surface area contributed by atoms with Crippen LogP contribution in [0.2, 0.25) is 0 Å². The molecule has 0 saturated carbocycles. The van der Waals surface area contributed by atoms with E-state index in [1.165, 1.54) is 17.5 Å². The van der Waals surface area contributed by atoms with Gasteiger partial charge in [0, 0.05) is 51.9 Å². The van der Waals surface area contributed by atoms with E-state index in [-0.39, 0.29) is 6.03 Å². The molecule has 2 aliphatic heterocycles. The first-order valence-corrected chi connectivity index (χ1v) is 11.7. The third-order valence-electron chi connectivity index (χ3n) is 6.78. The lowest BCUT2D eigenvalue weighted by molar-refractivity contribution is 0.154. The highest BCUT2D eigenvalue weighted by atomic mass is 16.2. The van der Waals surface area contributed by atoms with Crippen LogP contribution < -0.4 is 5.32 Å². The monoisotopic (exact) mass is 420 g/mol. The van der Waals surface area contributed by atoms with E-state index >= 15 is 0 Å². The number of hydrogen-bond donors (Lipinski definition) is 1. The Kier molecular flexibility index (Phi) is 7.60. The van der Waals surface area contributed by atoms with E-state index in [0.717, 1.165) is 58.5 Å². The second-order valence-electron chi connectivity index (χ2n) is 9.02. The lowest BCUT2D eigenvalue weighted by Gasteiger charge is -2.29. The Labute approximate surface area is 187 Å². The number of likely N-dealkylation sites (tertiary alicyclic amines) is 2. The van der Waals surface area contributed by atoms with Crippen molar-refractivity contribution < 1.29 is 4.79 Å². The standard InChI is InChI=1S/C26H36N4O/c1-28(25-15-17-29(21-25)16-8-13-22-9-4-2-5-10-22)26(31)30-18-14-24(20-30)27-19-23-11-6-3-7-12-23/h2-7,9-12,24-25,27H,8,13-21H2,1H3/t24-,25-/m0/s1. The van der Waals surface area contributed by atoms with Crippen LogP contribution in [0.1, 0.15) is 30.4 Å². The molecule has 1 N–H and O–H groups in total. The van der Waals surface area contributed by atoms with Crippen molar-refractivity contribution in [2.24, 2.45) is 0 Å². The summed E-state index contributed by atoms with van der Waals surface area (Å²) in [5, 5.41) is 3.61. The van der Waals surface area contributed by atoms with Crippen LogP contribution in [0.3, 0.4) is 0 Å². The third-order valence-corrected chi connectivity index (χ3v) is 6.78. The molecule has 2 heterocycles. The average molecular weight is 421 g/mol. The van der Waals surface area contributed by atoms with Crippen LogP contribution in [0.5, 0.6) is 0 Å². The van der Waals surface area contributed by atoms with E-state index < -0.39 is 0 Å². The molecule has 0 spiro atoms. The molecule has 0 unspecified atom stereocenters. The Morgan fingerprint density at radius 3 is 2.42 bits per heavy atom. The van der Waals surface area contributed by atoms with Crippen LogP contribution >= 0.6 is 0 Å². The predicted molar refractivity (Wildman–Crippen MR) is 126 cm³/mol. The minimum absolute atomic E-state index is 0.195. The van der Waals surface area contributed by atoms with Gasteiger partial charge in [-0.3, -0.25) is 0 Å². The topological polar surface area (TPSA) is 38.8 Å². The second kappa shape index (κ2) is 10.8. The molecular weight excluding hydrogens is 384 g/mol. The Morgan fingerprint density at radius 1 is 0.968 bits per heavy atom. The fourth-order valence-electron chi connectivity index (χ4n) is 4.82. The number of likely N-dealkylation sites (N-methyl/N-ethyl adjacent to an activating group) is 1. The van der Waals surface area contributed by atoms with Gasteiger partial charge in [-0.25, -0.2) is 4.79 Å². The summed E-state index contributed by atoms with van der Waals surface area (Å²) in [4.78, 5) is 19.6. The highest BCUT2D eigenvalue weighted by Gasteiger charge is 2.33. The fraction of sp³-hybridized carbons (Fsp3) is 0.500. The lowest BCUT2D eigenvalue weighted by atomic mass is 10.1. The first-order valence-electron chi connectivity index (χ1n) is 11.7. The second-order valence-corrected chi connectivity index (χ2v) is 9.02. The quantitative estimate of drug-likeness (QED) is 0.709. The smallest absolute Gasteiger partial charge is 0.320 e. The zero-order chi connectivity index (χ0) is 21.5. The van der Waals surface area contributed by atoms with Gasteiger partial charge in [0.15, 0.2) is 0 Å². The SMILES string of the molecule is CN(C(=O)N1CC[C@H](NCc2ccccc2)C1)[C@H]1CCN(CCCc2ccccc2)C1. The van der Waals surface area contributed by atoms with Crippen molar-refractivity contribution in [2.45, 2.75) is 44.3 Å². The van der Waals surface area contributed by atoms with Crippen LogP contribution in [-0.4, -0.2) is 72.6 Å². The average Bonchev–Trinajstić information content (AvgIpc) is 3.48. The first kappa shape index (κ1) is 21.8. The molecule has 2 aliphatic rings. The van der Waals surface area contributed by atoms with Gasteiger partial charge in [0.1, 0.15) is 0 Å². The van der Waals surface area contributed by atoms with Crippen molar-refractivity contribution in [3.63, 3.8) is 0 Å². The molecule has 2 saturated heterocycles. The van der Waals surface area contributed by atoms with Crippen LogP contribution in [0, 0.1) is 0 Å². The van der Waals surface area contributed by atoms with E-state index in [1.807, 2.05) is 22.9 Å². The summed E-state index contributed by atoms with van der Waals surface area (Å²) in [6, 6.07) is 22.1. The Morgan fingerprint density at radius 2 is 1.68 bits per heavy atom. The Hall–Kier alpha value is -2.37. The molecule has 31 heavy (non-hydrogen) atoms. The highest BCUT2D eigenvalue weighted by Crippen LogP contribution is 2.19. The summed E-state index contributed by atoms with van der Waals surface area (Å²) in [6.45, 7) is 5.73. The van der Waals surface area contributed by atoms with Crippen molar-refractivity contribution in [1.82, 2.24) is 20.0 Å². The van der Waals surface area contributed by atoms with Gasteiger partial charge in [0.25, 0.3) is 0 Å². The normalized spacial score (nSPS) is 21.5. The number of urea groups is 1. The van der Waals surface area contributed by atoms with Crippen LogP contribution in [0.15, 0.2) is 60.7 Å². The number of carbonyl (C=O) groups is 1. The Bertz CT molecular complexity index is 813. The summed E-state index contributed by atoms with van der Waals surface area (Å²) in [6.07, 6.45) is 4.41. The number of aryl methyl sites for hydroxylation is 1. The fourth-order valence-corrected chi connectivity index (χ4v) is 4.82. The molecule has 0 bridgehead atoms. The van der Waals surface area contributed by atoms with Crippen LogP contribution in [0.25, 0.3) is 0 Å². The van der Waals surface area contributed by atoms with Gasteiger partial charge in [0.2, 0.25) is 0 Å². The van der Waals surface area contributed by atoms with Crippen molar-refractivity contribution in [2.75, 3.05) is 39.8 Å². The first-order chi connectivity index (χ1) is 15.2. The summed E-state index contributed by atoms with van der Waals surface area (Å²) < 4.78 is 0. The Balaban J connectivity index is 1.17. The van der Waals surface area contributed by atoms with Gasteiger partial charge in [-0.1, -0.05) is 60.7 Å². The van der Waals surface area contributed by atoms with Crippen molar-refractivity contribution in [3.8, 4) is 0 Å². The maximum Gasteiger partial charge on any atom is 0.320 e. The largest absolute Gasteiger partial charge is 0.323 e. The molecule has 2 aromatic rings. The van der Waals surface area contributed by atoms with Crippen molar-refractivity contribution >= 4 is 6.03 Å². The van der Waals surface area contributed by atoms with Gasteiger partial charge < -0.3 is 20.0 Å². The molecule has 2 amide bonds. The lowest BCUT2D eigenvalue weighted by Crippen LogP contribution is -2.47. The minimum atomic E-state index is 0.195. The van der Waals surface area contributed by atoms with Crippen LogP contribution in [0.4, 0.5) is 4.79 Å². The number of carbonyl (C=O) groups excluding carboxylic acids is 1. The molecule has 5 heteroatoms. The summed E-state index contributed by atoms with van der Waals surface area (Å²) >= 11 is 0. The van der Waals surface area contributed by atoms with Gasteiger partial charge in [-0.15, -0.1) is 0 Å². The maximum absolute atomic E-state index is 13.1. The van der Waals surface area contributed by atoms with Crippen LogP contribution in [-0.2, 0) is 13.0 Å². The molecule has 0 aromatic heterocycles. The highest BCUT2D eigenvalue weighted by molar-refractivity contribution is 5.75. The zero-order valence-corrected chi connectivity index (χ0v) is 18.7. The number of rotatable bonds is 8. The van der Waals surface area contributed by atoms with E-state index in [0.29, 0.717) is 12.1 Å². The zero-order valence-electron chi connectivity index (χ0n) is 18.7. The van der Waals surface area contributed by atoms with E-state index in [9.17, 15) is 4.79 Å². The molecule has 4 rings (SSSR count). The van der Waals surface area contributed by atoms with Crippen molar-refractivity contribution in [3.05, 3.63) is 71.8 Å². The summed E-state index contributed by atoms with van der Waals surface area (Å²) in [5.74, 6) is 0. The van der Waals surface area contributed by atoms with Gasteiger partial charge in [-0.2, -0.15) is 0 Å². The molecule has 0 radical (unpaired) electrons. The van der Waals surface area contributed by atoms with Gasteiger partial charge >= 0.3 is 6.03 Å². The number of benzene rings is 2. The molecule has 2 atom stereocenters.